The summed E-state index contributed by atoms with van der Waals surface area (Å²) in [5, 5.41) is 3.44. The summed E-state index contributed by atoms with van der Waals surface area (Å²) in [5.74, 6) is 0.0771. The van der Waals surface area contributed by atoms with E-state index >= 15 is 0 Å². The summed E-state index contributed by atoms with van der Waals surface area (Å²) in [6.07, 6.45) is 2.97. The van der Waals surface area contributed by atoms with Gasteiger partial charge in [0.2, 0.25) is 11.5 Å². The highest BCUT2D eigenvalue weighted by Gasteiger charge is 2.14. The first-order valence-corrected chi connectivity index (χ1v) is 7.71. The number of nitrogens with one attached hydrogen (secondary N) is 1. The largest absolute Gasteiger partial charge is 0.448 e. The fraction of sp³-hybridized carbons (Fsp3) is 0.111. The quantitative estimate of drug-likeness (QED) is 0.621. The van der Waals surface area contributed by atoms with Crippen molar-refractivity contribution in [3.8, 4) is 0 Å². The molecular weight excluding hydrogens is 320 g/mol. The highest BCUT2D eigenvalue weighted by atomic mass is 16.3. The SMILES string of the molecule is Cc1ccnc(NC(=O)Cn2cnc3c(oc4ccccc43)c2=O)c1. The van der Waals surface area contributed by atoms with Gasteiger partial charge in [-0.3, -0.25) is 14.2 Å². The molecule has 7 nitrogen and oxygen atoms in total. The summed E-state index contributed by atoms with van der Waals surface area (Å²) in [4.78, 5) is 33.1. The number of aryl methyl sites for hydroxylation is 1. The van der Waals surface area contributed by atoms with Crippen LogP contribution < -0.4 is 10.9 Å². The highest BCUT2D eigenvalue weighted by Crippen LogP contribution is 2.23. The van der Waals surface area contributed by atoms with Gasteiger partial charge >= 0.3 is 0 Å². The number of anilines is 1. The maximum Gasteiger partial charge on any atom is 0.297 e. The van der Waals surface area contributed by atoms with E-state index in [9.17, 15) is 9.59 Å². The molecule has 3 aromatic heterocycles. The van der Waals surface area contributed by atoms with E-state index in [0.717, 1.165) is 10.9 Å². The normalized spacial score (nSPS) is 11.1. The molecule has 7 heteroatoms. The number of carbonyl (C=O) groups excluding carboxylic acids is 1. The van der Waals surface area contributed by atoms with E-state index in [-0.39, 0.29) is 18.0 Å². The third-order valence-electron chi connectivity index (χ3n) is 3.85. The molecule has 1 amide bonds. The van der Waals surface area contributed by atoms with Crippen LogP contribution in [0.3, 0.4) is 0 Å². The van der Waals surface area contributed by atoms with E-state index in [1.54, 1.807) is 18.3 Å². The number of rotatable bonds is 3. The fourth-order valence-corrected chi connectivity index (χ4v) is 2.67. The van der Waals surface area contributed by atoms with Gasteiger partial charge in [-0.1, -0.05) is 12.1 Å². The first-order valence-electron chi connectivity index (χ1n) is 7.71. The van der Waals surface area contributed by atoms with Crippen molar-refractivity contribution < 1.29 is 9.21 Å². The molecule has 0 aliphatic carbocycles. The van der Waals surface area contributed by atoms with Crippen molar-refractivity contribution in [3.05, 3.63) is 64.8 Å². The van der Waals surface area contributed by atoms with Crippen molar-refractivity contribution in [1.29, 1.82) is 0 Å². The van der Waals surface area contributed by atoms with Gasteiger partial charge in [0.05, 0.1) is 6.33 Å². The predicted octanol–water partition coefficient (Wildman–Crippen LogP) is 2.48. The molecule has 4 aromatic rings. The van der Waals surface area contributed by atoms with Gasteiger partial charge in [-0.25, -0.2) is 9.97 Å². The van der Waals surface area contributed by atoms with Gasteiger partial charge in [-0.05, 0) is 36.8 Å². The van der Waals surface area contributed by atoms with Gasteiger partial charge < -0.3 is 9.73 Å². The summed E-state index contributed by atoms with van der Waals surface area (Å²) in [7, 11) is 0. The standard InChI is InChI=1S/C18H14N4O3/c1-11-6-7-19-14(8-11)21-15(23)9-22-10-20-16-12-4-2-3-5-13(12)25-17(16)18(22)24/h2-8,10H,9H2,1H3,(H,19,21,23). The van der Waals surface area contributed by atoms with Crippen LogP contribution in [-0.4, -0.2) is 20.4 Å². The average Bonchev–Trinajstić information content (AvgIpc) is 2.97. The van der Waals surface area contributed by atoms with E-state index in [0.29, 0.717) is 16.9 Å². The topological polar surface area (TPSA) is 90.0 Å². The number of furan rings is 1. The molecule has 0 radical (unpaired) electrons. The molecule has 0 saturated heterocycles. The van der Waals surface area contributed by atoms with Crippen LogP contribution in [0.2, 0.25) is 0 Å². The number of carbonyl (C=O) groups is 1. The number of pyridine rings is 1. The summed E-state index contributed by atoms with van der Waals surface area (Å²) >= 11 is 0. The first kappa shape index (κ1) is 15.1. The van der Waals surface area contributed by atoms with Crippen LogP contribution in [0.15, 0.2) is 58.1 Å². The second-order valence-electron chi connectivity index (χ2n) is 5.72. The molecule has 0 aliphatic rings. The first-order chi connectivity index (χ1) is 12.1. The number of benzene rings is 1. The molecule has 1 N–H and O–H groups in total. The number of nitrogens with zero attached hydrogens (tertiary/aromatic N) is 3. The number of fused-ring (bicyclic) bond motifs is 3. The zero-order valence-corrected chi connectivity index (χ0v) is 13.4. The second-order valence-corrected chi connectivity index (χ2v) is 5.72. The Morgan fingerprint density at radius 2 is 2.08 bits per heavy atom. The van der Waals surface area contributed by atoms with Crippen molar-refractivity contribution in [3.63, 3.8) is 0 Å². The van der Waals surface area contributed by atoms with E-state index in [4.69, 9.17) is 4.42 Å². The lowest BCUT2D eigenvalue weighted by atomic mass is 10.2. The lowest BCUT2D eigenvalue weighted by Gasteiger charge is -2.06. The summed E-state index contributed by atoms with van der Waals surface area (Å²) in [6.45, 7) is 1.73. The van der Waals surface area contributed by atoms with Crippen molar-refractivity contribution in [2.24, 2.45) is 0 Å². The Kier molecular flexibility index (Phi) is 3.53. The molecule has 0 saturated carbocycles. The molecule has 0 unspecified atom stereocenters. The van der Waals surface area contributed by atoms with E-state index in [2.05, 4.69) is 15.3 Å². The lowest BCUT2D eigenvalue weighted by Crippen LogP contribution is -2.27. The number of para-hydroxylation sites is 1. The molecule has 0 fully saturated rings. The number of hydrogen-bond donors (Lipinski definition) is 1. The van der Waals surface area contributed by atoms with Crippen molar-refractivity contribution in [2.75, 3.05) is 5.32 Å². The molecule has 3 heterocycles. The fourth-order valence-electron chi connectivity index (χ4n) is 2.67. The molecule has 0 atom stereocenters. The van der Waals surface area contributed by atoms with Gasteiger partial charge in [-0.2, -0.15) is 0 Å². The molecule has 124 valence electrons. The Bertz CT molecular complexity index is 1160. The Morgan fingerprint density at radius 1 is 1.24 bits per heavy atom. The molecule has 25 heavy (non-hydrogen) atoms. The molecular formula is C18H14N4O3. The minimum Gasteiger partial charge on any atom is -0.448 e. The zero-order chi connectivity index (χ0) is 17.4. The highest BCUT2D eigenvalue weighted by molar-refractivity contribution is 6.01. The minimum atomic E-state index is -0.395. The Morgan fingerprint density at radius 3 is 2.92 bits per heavy atom. The van der Waals surface area contributed by atoms with Gasteiger partial charge in [0, 0.05) is 11.6 Å². The van der Waals surface area contributed by atoms with Crippen molar-refractivity contribution >= 4 is 33.8 Å². The molecule has 0 bridgehead atoms. The van der Waals surface area contributed by atoms with E-state index in [1.165, 1.54) is 10.9 Å². The monoisotopic (exact) mass is 334 g/mol. The van der Waals surface area contributed by atoms with Gasteiger partial charge in [-0.15, -0.1) is 0 Å². The van der Waals surface area contributed by atoms with Crippen LogP contribution in [-0.2, 0) is 11.3 Å². The van der Waals surface area contributed by atoms with Crippen molar-refractivity contribution in [2.45, 2.75) is 13.5 Å². The summed E-state index contributed by atoms with van der Waals surface area (Å²) in [5.41, 5.74) is 1.82. The smallest absolute Gasteiger partial charge is 0.297 e. The van der Waals surface area contributed by atoms with Crippen LogP contribution >= 0.6 is 0 Å². The Hall–Kier alpha value is -3.48. The van der Waals surface area contributed by atoms with E-state index in [1.807, 2.05) is 31.2 Å². The predicted molar refractivity (Wildman–Crippen MR) is 93.4 cm³/mol. The van der Waals surface area contributed by atoms with Crippen LogP contribution in [0, 0.1) is 6.92 Å². The Labute approximate surface area is 141 Å². The third-order valence-corrected chi connectivity index (χ3v) is 3.85. The van der Waals surface area contributed by atoms with Gasteiger partial charge in [0.15, 0.2) is 0 Å². The summed E-state index contributed by atoms with van der Waals surface area (Å²) < 4.78 is 6.82. The molecule has 0 spiro atoms. The molecule has 1 aromatic carbocycles. The third kappa shape index (κ3) is 2.76. The van der Waals surface area contributed by atoms with E-state index < -0.39 is 5.56 Å². The molecule has 4 rings (SSSR count). The number of hydrogen-bond acceptors (Lipinski definition) is 5. The lowest BCUT2D eigenvalue weighted by molar-refractivity contribution is -0.116. The zero-order valence-electron chi connectivity index (χ0n) is 13.4. The maximum atomic E-state index is 12.6. The Balaban J connectivity index is 1.65. The van der Waals surface area contributed by atoms with Crippen molar-refractivity contribution in [1.82, 2.24) is 14.5 Å². The van der Waals surface area contributed by atoms with Gasteiger partial charge in [0.25, 0.3) is 5.56 Å². The number of aromatic nitrogens is 3. The number of amides is 1. The van der Waals surface area contributed by atoms with Crippen LogP contribution in [0.5, 0.6) is 0 Å². The van der Waals surface area contributed by atoms with Crippen LogP contribution in [0.1, 0.15) is 5.56 Å². The van der Waals surface area contributed by atoms with Gasteiger partial charge in [0.1, 0.15) is 23.5 Å². The molecule has 0 aliphatic heterocycles. The maximum absolute atomic E-state index is 12.6. The summed E-state index contributed by atoms with van der Waals surface area (Å²) in [6, 6.07) is 10.9. The average molecular weight is 334 g/mol. The second kappa shape index (κ2) is 5.86. The van der Waals surface area contributed by atoms with Crippen LogP contribution in [0.25, 0.3) is 22.1 Å². The van der Waals surface area contributed by atoms with Crippen LogP contribution in [0.4, 0.5) is 5.82 Å². The minimum absolute atomic E-state index is 0.144.